The summed E-state index contributed by atoms with van der Waals surface area (Å²) in [5.41, 5.74) is 7.66. The Morgan fingerprint density at radius 2 is 1.85 bits per heavy atom. The number of hydrogen-bond donors (Lipinski definition) is 1. The molecule has 0 amide bonds. The molecule has 0 saturated heterocycles. The van der Waals surface area contributed by atoms with Gasteiger partial charge in [-0.05, 0) is 30.5 Å². The monoisotopic (exact) mass is 289 g/mol. The molecule has 0 aliphatic rings. The summed E-state index contributed by atoms with van der Waals surface area (Å²) in [7, 11) is 0. The van der Waals surface area contributed by atoms with E-state index in [1.807, 2.05) is 31.2 Å². The minimum Gasteiger partial charge on any atom is -0.494 e. The molecule has 0 saturated carbocycles. The lowest BCUT2D eigenvalue weighted by atomic mass is 9.95. The highest BCUT2D eigenvalue weighted by atomic mass is 32.1. The highest BCUT2D eigenvalue weighted by Gasteiger charge is 2.20. The fourth-order valence-electron chi connectivity index (χ4n) is 2.10. The Bertz CT molecular complexity index is 568. The van der Waals surface area contributed by atoms with Crippen molar-refractivity contribution in [2.75, 3.05) is 6.61 Å². The lowest BCUT2D eigenvalue weighted by Crippen LogP contribution is -2.12. The Morgan fingerprint density at radius 3 is 2.45 bits per heavy atom. The van der Waals surface area contributed by atoms with Crippen LogP contribution in [0.1, 0.15) is 49.1 Å². The first-order chi connectivity index (χ1) is 9.43. The van der Waals surface area contributed by atoms with Gasteiger partial charge in [0.15, 0.2) is 0 Å². The maximum Gasteiger partial charge on any atom is 0.124 e. The standard InChI is InChI=1S/C17H23NOS/c1-5-19-13-9-7-6-8-12(13)16(18)14-10-11-15(20-14)17(2,3)4/h6-11,16H,5,18H2,1-4H3. The first-order valence-corrected chi connectivity index (χ1v) is 7.82. The predicted molar refractivity (Wildman–Crippen MR) is 86.7 cm³/mol. The number of thiophene rings is 1. The number of hydrogen-bond acceptors (Lipinski definition) is 3. The molecule has 3 heteroatoms. The molecule has 0 aliphatic carbocycles. The molecule has 0 fully saturated rings. The molecule has 2 nitrogen and oxygen atoms in total. The van der Waals surface area contributed by atoms with Crippen molar-refractivity contribution in [3.8, 4) is 5.75 Å². The van der Waals surface area contributed by atoms with Crippen LogP contribution in [0.4, 0.5) is 0 Å². The van der Waals surface area contributed by atoms with Crippen LogP contribution in [0.5, 0.6) is 5.75 Å². The fraction of sp³-hybridized carbons (Fsp3) is 0.412. The molecule has 2 rings (SSSR count). The van der Waals surface area contributed by atoms with Gasteiger partial charge in [0.05, 0.1) is 12.6 Å². The normalized spacial score (nSPS) is 13.2. The Kier molecular flexibility index (Phi) is 4.51. The minimum atomic E-state index is -0.126. The second-order valence-electron chi connectivity index (χ2n) is 5.90. The van der Waals surface area contributed by atoms with E-state index in [2.05, 4.69) is 32.9 Å². The molecular formula is C17H23NOS. The van der Waals surface area contributed by atoms with Crippen molar-refractivity contribution in [1.82, 2.24) is 0 Å². The molecule has 0 aliphatic heterocycles. The van der Waals surface area contributed by atoms with Gasteiger partial charge in [-0.25, -0.2) is 0 Å². The van der Waals surface area contributed by atoms with Crippen molar-refractivity contribution < 1.29 is 4.74 Å². The van der Waals surface area contributed by atoms with Crippen LogP contribution >= 0.6 is 11.3 Å². The van der Waals surface area contributed by atoms with Gasteiger partial charge in [0.25, 0.3) is 0 Å². The molecule has 0 bridgehead atoms. The maximum absolute atomic E-state index is 6.43. The number of nitrogens with two attached hydrogens (primary N) is 1. The van der Waals surface area contributed by atoms with E-state index in [-0.39, 0.29) is 11.5 Å². The van der Waals surface area contributed by atoms with Gasteiger partial charge in [-0.15, -0.1) is 11.3 Å². The van der Waals surface area contributed by atoms with Crippen molar-refractivity contribution in [3.05, 3.63) is 51.7 Å². The number of ether oxygens (including phenoxy) is 1. The van der Waals surface area contributed by atoms with Crippen LogP contribution in [-0.4, -0.2) is 6.61 Å². The van der Waals surface area contributed by atoms with E-state index in [4.69, 9.17) is 10.5 Å². The first-order valence-electron chi connectivity index (χ1n) is 7.01. The first kappa shape index (κ1) is 15.1. The lowest BCUT2D eigenvalue weighted by molar-refractivity contribution is 0.335. The third kappa shape index (κ3) is 3.22. The third-order valence-corrected chi connectivity index (χ3v) is 4.82. The molecule has 2 aromatic rings. The zero-order chi connectivity index (χ0) is 14.8. The van der Waals surface area contributed by atoms with Crippen molar-refractivity contribution in [3.63, 3.8) is 0 Å². The van der Waals surface area contributed by atoms with Gasteiger partial charge in [-0.3, -0.25) is 0 Å². The van der Waals surface area contributed by atoms with E-state index in [1.165, 1.54) is 9.75 Å². The highest BCUT2D eigenvalue weighted by Crippen LogP contribution is 2.36. The second kappa shape index (κ2) is 5.98. The maximum atomic E-state index is 6.43. The van der Waals surface area contributed by atoms with E-state index in [0.29, 0.717) is 6.61 Å². The van der Waals surface area contributed by atoms with E-state index in [9.17, 15) is 0 Å². The molecule has 2 N–H and O–H groups in total. The van der Waals surface area contributed by atoms with Crippen molar-refractivity contribution in [1.29, 1.82) is 0 Å². The summed E-state index contributed by atoms with van der Waals surface area (Å²) in [5, 5.41) is 0. The Morgan fingerprint density at radius 1 is 1.15 bits per heavy atom. The van der Waals surface area contributed by atoms with Crippen LogP contribution in [0.15, 0.2) is 36.4 Å². The lowest BCUT2D eigenvalue weighted by Gasteiger charge is -2.17. The Hall–Kier alpha value is -1.32. The second-order valence-corrected chi connectivity index (χ2v) is 7.02. The van der Waals surface area contributed by atoms with Gasteiger partial charge in [-0.1, -0.05) is 39.0 Å². The van der Waals surface area contributed by atoms with Crippen molar-refractivity contribution >= 4 is 11.3 Å². The summed E-state index contributed by atoms with van der Waals surface area (Å²) in [5.74, 6) is 0.883. The Labute approximate surface area is 125 Å². The molecule has 0 spiro atoms. The van der Waals surface area contributed by atoms with Crippen LogP contribution in [-0.2, 0) is 5.41 Å². The smallest absolute Gasteiger partial charge is 0.124 e. The summed E-state index contributed by atoms with van der Waals surface area (Å²) in [6.07, 6.45) is 0. The molecular weight excluding hydrogens is 266 g/mol. The molecule has 20 heavy (non-hydrogen) atoms. The number of para-hydroxylation sites is 1. The predicted octanol–water partition coefficient (Wildman–Crippen LogP) is 4.49. The van der Waals surface area contributed by atoms with Gasteiger partial charge in [0.1, 0.15) is 5.75 Å². The van der Waals surface area contributed by atoms with Crippen LogP contribution in [0.2, 0.25) is 0 Å². The largest absolute Gasteiger partial charge is 0.494 e. The molecule has 0 radical (unpaired) electrons. The zero-order valence-corrected chi connectivity index (χ0v) is 13.5. The summed E-state index contributed by atoms with van der Waals surface area (Å²) in [6.45, 7) is 9.32. The minimum absolute atomic E-state index is 0.126. The highest BCUT2D eigenvalue weighted by molar-refractivity contribution is 7.12. The molecule has 1 heterocycles. The average Bonchev–Trinajstić information content (AvgIpc) is 2.88. The van der Waals surface area contributed by atoms with Crippen LogP contribution < -0.4 is 10.5 Å². The summed E-state index contributed by atoms with van der Waals surface area (Å²) >= 11 is 1.79. The zero-order valence-electron chi connectivity index (χ0n) is 12.6. The van der Waals surface area contributed by atoms with E-state index >= 15 is 0 Å². The van der Waals surface area contributed by atoms with E-state index < -0.39 is 0 Å². The van der Waals surface area contributed by atoms with Crippen molar-refractivity contribution in [2.45, 2.75) is 39.2 Å². The molecule has 1 atom stereocenters. The number of rotatable bonds is 4. The molecule has 1 aromatic carbocycles. The summed E-state index contributed by atoms with van der Waals surface area (Å²) in [6, 6.07) is 12.2. The Balaban J connectivity index is 2.32. The quantitative estimate of drug-likeness (QED) is 0.900. The molecule has 1 unspecified atom stereocenters. The van der Waals surface area contributed by atoms with Crippen molar-refractivity contribution in [2.24, 2.45) is 5.73 Å². The van der Waals surface area contributed by atoms with E-state index in [1.54, 1.807) is 11.3 Å². The molecule has 1 aromatic heterocycles. The van der Waals surface area contributed by atoms with Crippen LogP contribution in [0.3, 0.4) is 0 Å². The van der Waals surface area contributed by atoms with Gasteiger partial charge in [0.2, 0.25) is 0 Å². The topological polar surface area (TPSA) is 35.2 Å². The van der Waals surface area contributed by atoms with Gasteiger partial charge in [-0.2, -0.15) is 0 Å². The molecule has 108 valence electrons. The fourth-order valence-corrected chi connectivity index (χ4v) is 3.19. The van der Waals surface area contributed by atoms with Gasteiger partial charge >= 0.3 is 0 Å². The van der Waals surface area contributed by atoms with Crippen LogP contribution in [0, 0.1) is 0 Å². The van der Waals surface area contributed by atoms with E-state index in [0.717, 1.165) is 11.3 Å². The third-order valence-electron chi connectivity index (χ3n) is 3.23. The van der Waals surface area contributed by atoms with Crippen LogP contribution in [0.25, 0.3) is 0 Å². The van der Waals surface area contributed by atoms with Gasteiger partial charge < -0.3 is 10.5 Å². The van der Waals surface area contributed by atoms with Gasteiger partial charge in [0, 0.05) is 15.3 Å². The SMILES string of the molecule is CCOc1ccccc1C(N)c1ccc(C(C)(C)C)s1. The average molecular weight is 289 g/mol. The summed E-state index contributed by atoms with van der Waals surface area (Å²) in [4.78, 5) is 2.54. The number of benzene rings is 1. The summed E-state index contributed by atoms with van der Waals surface area (Å²) < 4.78 is 5.68.